The largest absolute Gasteiger partial charge is 0.491 e. The summed E-state index contributed by atoms with van der Waals surface area (Å²) in [5.74, 6) is 1.72. The first-order chi connectivity index (χ1) is 14.0. The van der Waals surface area contributed by atoms with Crippen LogP contribution in [0, 0.1) is 5.82 Å². The molecule has 2 bridgehead atoms. The lowest BCUT2D eigenvalue weighted by Gasteiger charge is -2.36. The fraction of sp³-hybridized carbons (Fsp3) is 0.333. The molecule has 2 atom stereocenters. The van der Waals surface area contributed by atoms with Gasteiger partial charge in [-0.25, -0.2) is 13.9 Å². The maximum absolute atomic E-state index is 14.0. The average Bonchev–Trinajstić information content (AvgIpc) is 3.10. The zero-order chi connectivity index (χ0) is 20.1. The van der Waals surface area contributed by atoms with Gasteiger partial charge in [0.1, 0.15) is 24.8 Å². The summed E-state index contributed by atoms with van der Waals surface area (Å²) < 4.78 is 27.7. The van der Waals surface area contributed by atoms with Crippen molar-refractivity contribution in [2.75, 3.05) is 18.1 Å². The molecule has 2 aliphatic heterocycles. The third-order valence-corrected chi connectivity index (χ3v) is 5.32. The highest BCUT2D eigenvalue weighted by atomic mass is 19.1. The summed E-state index contributed by atoms with van der Waals surface area (Å²) in [4.78, 5) is 6.99. The lowest BCUT2D eigenvalue weighted by molar-refractivity contribution is 0.262. The van der Waals surface area contributed by atoms with Crippen LogP contribution in [0.4, 0.5) is 10.2 Å². The molecule has 4 heterocycles. The first kappa shape index (κ1) is 17.8. The third-order valence-electron chi connectivity index (χ3n) is 5.32. The molecular formula is C21H22FN5O2. The van der Waals surface area contributed by atoms with E-state index in [-0.39, 0.29) is 17.9 Å². The molecule has 7 nitrogen and oxygen atoms in total. The minimum absolute atomic E-state index is 0.0103. The van der Waals surface area contributed by atoms with Gasteiger partial charge in [0.15, 0.2) is 17.2 Å². The van der Waals surface area contributed by atoms with Crippen LogP contribution in [-0.4, -0.2) is 39.9 Å². The fourth-order valence-electron chi connectivity index (χ4n) is 3.77. The Bertz CT molecular complexity index is 1110. The maximum Gasteiger partial charge on any atom is 0.180 e. The Balaban J connectivity index is 1.70. The summed E-state index contributed by atoms with van der Waals surface area (Å²) in [5.41, 5.74) is 3.00. The Labute approximate surface area is 167 Å². The van der Waals surface area contributed by atoms with Gasteiger partial charge in [-0.1, -0.05) is 6.58 Å². The van der Waals surface area contributed by atoms with Crippen molar-refractivity contribution < 1.29 is 13.9 Å². The van der Waals surface area contributed by atoms with Gasteiger partial charge in [-0.05, 0) is 32.0 Å². The summed E-state index contributed by atoms with van der Waals surface area (Å²) in [7, 11) is 0. The molecule has 0 saturated heterocycles. The summed E-state index contributed by atoms with van der Waals surface area (Å²) in [5, 5.41) is 7.75. The Morgan fingerprint density at radius 2 is 2.03 bits per heavy atom. The van der Waals surface area contributed by atoms with E-state index in [2.05, 4.69) is 28.8 Å². The van der Waals surface area contributed by atoms with E-state index in [1.54, 1.807) is 16.8 Å². The number of aromatic nitrogens is 3. The zero-order valence-corrected chi connectivity index (χ0v) is 16.4. The molecule has 1 N–H and O–H groups in total. The standard InChI is InChI=1S/C21H22FN5O2/c1-12-10-28-18-5-4-16(22)6-15(18)8-26-13(2)11-29-19-9-27-20(25-21(19)26)17(7-23-27)14(3)24-12/h4-7,9,12-13,24H,3,8,10-11H2,1-2H3/t12-,13-/m1/s1. The normalized spacial score (nSPS) is 21.3. The van der Waals surface area contributed by atoms with Gasteiger partial charge in [0.05, 0.1) is 30.0 Å². The number of anilines is 1. The van der Waals surface area contributed by atoms with E-state index in [4.69, 9.17) is 14.5 Å². The number of fused-ring (bicyclic) bond motifs is 1. The monoisotopic (exact) mass is 395 g/mol. The second kappa shape index (κ2) is 6.65. The summed E-state index contributed by atoms with van der Waals surface area (Å²) in [6, 6.07) is 4.68. The predicted octanol–water partition coefficient (Wildman–Crippen LogP) is 3.00. The zero-order valence-electron chi connectivity index (χ0n) is 16.4. The van der Waals surface area contributed by atoms with Crippen LogP contribution in [0.25, 0.3) is 11.3 Å². The first-order valence-corrected chi connectivity index (χ1v) is 9.64. The molecule has 3 aromatic rings. The second-order valence-electron chi connectivity index (χ2n) is 7.63. The van der Waals surface area contributed by atoms with Gasteiger partial charge in [-0.3, -0.25) is 0 Å². The number of hydrogen-bond donors (Lipinski definition) is 1. The predicted molar refractivity (Wildman–Crippen MR) is 108 cm³/mol. The number of hydrogen-bond acceptors (Lipinski definition) is 6. The van der Waals surface area contributed by atoms with Crippen LogP contribution in [0.15, 0.2) is 37.2 Å². The van der Waals surface area contributed by atoms with Gasteiger partial charge in [0, 0.05) is 17.8 Å². The number of halogens is 1. The van der Waals surface area contributed by atoms with Gasteiger partial charge in [0.25, 0.3) is 0 Å². The first-order valence-electron chi connectivity index (χ1n) is 9.64. The lowest BCUT2D eigenvalue weighted by atomic mass is 10.1. The molecule has 29 heavy (non-hydrogen) atoms. The summed E-state index contributed by atoms with van der Waals surface area (Å²) in [6.45, 7) is 9.60. The van der Waals surface area contributed by atoms with Crippen LogP contribution in [0.2, 0.25) is 0 Å². The molecule has 0 fully saturated rings. The quantitative estimate of drug-likeness (QED) is 0.631. The highest BCUT2D eigenvalue weighted by Gasteiger charge is 2.29. The van der Waals surface area contributed by atoms with Crippen LogP contribution in [0.1, 0.15) is 25.0 Å². The third kappa shape index (κ3) is 3.04. The van der Waals surface area contributed by atoms with E-state index < -0.39 is 0 Å². The molecule has 0 unspecified atom stereocenters. The maximum atomic E-state index is 14.0. The van der Waals surface area contributed by atoms with E-state index in [1.165, 1.54) is 12.1 Å². The fourth-order valence-corrected chi connectivity index (χ4v) is 3.77. The smallest absolute Gasteiger partial charge is 0.180 e. The van der Waals surface area contributed by atoms with Crippen molar-refractivity contribution in [3.8, 4) is 11.5 Å². The van der Waals surface area contributed by atoms with Crippen LogP contribution < -0.4 is 19.7 Å². The van der Waals surface area contributed by atoms with Crippen molar-refractivity contribution in [3.05, 3.63) is 54.1 Å². The topological polar surface area (TPSA) is 63.9 Å². The van der Waals surface area contributed by atoms with Crippen LogP contribution in [-0.2, 0) is 6.54 Å². The van der Waals surface area contributed by atoms with E-state index in [0.717, 1.165) is 16.8 Å². The van der Waals surface area contributed by atoms with E-state index in [9.17, 15) is 4.39 Å². The summed E-state index contributed by atoms with van der Waals surface area (Å²) >= 11 is 0. The molecule has 150 valence electrons. The number of rotatable bonds is 0. The van der Waals surface area contributed by atoms with Crippen molar-refractivity contribution in [2.24, 2.45) is 0 Å². The van der Waals surface area contributed by atoms with Crippen LogP contribution >= 0.6 is 0 Å². The van der Waals surface area contributed by atoms with Gasteiger partial charge in [0.2, 0.25) is 0 Å². The highest BCUT2D eigenvalue weighted by Crippen LogP contribution is 2.36. The second-order valence-corrected chi connectivity index (χ2v) is 7.63. The van der Waals surface area contributed by atoms with Crippen molar-refractivity contribution in [1.29, 1.82) is 0 Å². The molecule has 2 aromatic heterocycles. The molecule has 0 aliphatic carbocycles. The van der Waals surface area contributed by atoms with E-state index in [0.29, 0.717) is 42.7 Å². The molecule has 8 heteroatoms. The molecule has 0 spiro atoms. The molecule has 0 saturated carbocycles. The minimum Gasteiger partial charge on any atom is -0.491 e. The van der Waals surface area contributed by atoms with Gasteiger partial charge < -0.3 is 19.7 Å². The SMILES string of the molecule is C=C1N[C@H](C)COc2ccc(F)cc2CN2c3nc4c1cnn4cc3OC[C@H]2C. The van der Waals surface area contributed by atoms with Crippen LogP contribution in [0.5, 0.6) is 11.5 Å². The molecule has 5 rings (SSSR count). The van der Waals surface area contributed by atoms with E-state index in [1.807, 2.05) is 13.1 Å². The molecule has 1 aromatic carbocycles. The van der Waals surface area contributed by atoms with E-state index >= 15 is 0 Å². The Kier molecular flexibility index (Phi) is 4.08. The number of nitrogens with one attached hydrogen (secondary N) is 1. The Hall–Kier alpha value is -3.29. The minimum atomic E-state index is -0.293. The Morgan fingerprint density at radius 3 is 2.90 bits per heavy atom. The summed E-state index contributed by atoms with van der Waals surface area (Å²) in [6.07, 6.45) is 3.58. The highest BCUT2D eigenvalue weighted by molar-refractivity contribution is 5.75. The molecule has 2 aliphatic rings. The van der Waals surface area contributed by atoms with Gasteiger partial charge >= 0.3 is 0 Å². The molecular weight excluding hydrogens is 373 g/mol. The number of ether oxygens (including phenoxy) is 2. The van der Waals surface area contributed by atoms with Crippen molar-refractivity contribution in [3.63, 3.8) is 0 Å². The van der Waals surface area contributed by atoms with Crippen molar-refractivity contribution in [1.82, 2.24) is 19.9 Å². The number of benzene rings is 1. The molecule has 0 amide bonds. The average molecular weight is 395 g/mol. The molecule has 0 radical (unpaired) electrons. The van der Waals surface area contributed by atoms with Crippen molar-refractivity contribution >= 4 is 17.2 Å². The number of nitrogens with zero attached hydrogens (tertiary/aromatic N) is 4. The van der Waals surface area contributed by atoms with Gasteiger partial charge in [-0.2, -0.15) is 5.10 Å². The lowest BCUT2D eigenvalue weighted by Crippen LogP contribution is -2.41. The van der Waals surface area contributed by atoms with Crippen LogP contribution in [0.3, 0.4) is 0 Å². The Morgan fingerprint density at radius 1 is 1.21 bits per heavy atom. The van der Waals surface area contributed by atoms with Gasteiger partial charge in [-0.15, -0.1) is 0 Å². The van der Waals surface area contributed by atoms with Crippen molar-refractivity contribution in [2.45, 2.75) is 32.5 Å².